The number of aryl methyl sites for hydroxylation is 1. The van der Waals surface area contributed by atoms with Crippen molar-refractivity contribution >= 4 is 29.9 Å². The zero-order valence-corrected chi connectivity index (χ0v) is 15.2. The maximum Gasteiger partial charge on any atom is 0.194 e. The maximum absolute atomic E-state index is 5.22. The van der Waals surface area contributed by atoms with E-state index in [0.717, 1.165) is 36.9 Å². The molecule has 2 aromatic rings. The normalized spacial score (nSPS) is 14.3. The van der Waals surface area contributed by atoms with Crippen molar-refractivity contribution in [3.05, 3.63) is 52.9 Å². The molecule has 1 N–H and O–H groups in total. The van der Waals surface area contributed by atoms with Crippen LogP contribution in [0.2, 0.25) is 0 Å². The second-order valence-electron chi connectivity index (χ2n) is 5.28. The first kappa shape index (κ1) is 16.8. The van der Waals surface area contributed by atoms with Crippen LogP contribution >= 0.6 is 24.0 Å². The van der Waals surface area contributed by atoms with Gasteiger partial charge < -0.3 is 14.7 Å². The Morgan fingerprint density at radius 3 is 2.82 bits per heavy atom. The number of rotatable bonds is 2. The Morgan fingerprint density at radius 2 is 2.14 bits per heavy atom. The van der Waals surface area contributed by atoms with Crippen molar-refractivity contribution in [2.75, 3.05) is 13.6 Å². The molecule has 0 atom stereocenters. The summed E-state index contributed by atoms with van der Waals surface area (Å²) in [7, 11) is 1.81. The van der Waals surface area contributed by atoms with Gasteiger partial charge in [-0.25, -0.2) is 0 Å². The molecule has 1 aromatic carbocycles. The quantitative estimate of drug-likeness (QED) is 0.468. The lowest BCUT2D eigenvalue weighted by molar-refractivity contribution is 0.359. The van der Waals surface area contributed by atoms with Crippen molar-refractivity contribution in [1.82, 2.24) is 15.4 Å². The maximum atomic E-state index is 5.22. The molecule has 22 heavy (non-hydrogen) atoms. The summed E-state index contributed by atoms with van der Waals surface area (Å²) >= 11 is 0. The van der Waals surface area contributed by atoms with E-state index < -0.39 is 0 Å². The Kier molecular flexibility index (Phi) is 5.82. The second kappa shape index (κ2) is 7.62. The fourth-order valence-electron chi connectivity index (χ4n) is 2.67. The van der Waals surface area contributed by atoms with Gasteiger partial charge >= 0.3 is 0 Å². The van der Waals surface area contributed by atoms with Crippen molar-refractivity contribution in [2.45, 2.75) is 26.4 Å². The van der Waals surface area contributed by atoms with E-state index in [4.69, 9.17) is 4.52 Å². The van der Waals surface area contributed by atoms with Crippen LogP contribution in [-0.2, 0) is 19.5 Å². The first-order valence-electron chi connectivity index (χ1n) is 7.21. The lowest BCUT2D eigenvalue weighted by atomic mass is 10.0. The Hall–Kier alpha value is -1.57. The zero-order valence-electron chi connectivity index (χ0n) is 12.9. The summed E-state index contributed by atoms with van der Waals surface area (Å²) in [5.41, 5.74) is 3.71. The van der Waals surface area contributed by atoms with E-state index in [2.05, 4.69) is 44.6 Å². The fourth-order valence-corrected chi connectivity index (χ4v) is 2.67. The lowest BCUT2D eigenvalue weighted by Gasteiger charge is -2.31. The van der Waals surface area contributed by atoms with Crippen molar-refractivity contribution < 1.29 is 4.52 Å². The Bertz CT molecular complexity index is 653. The summed E-state index contributed by atoms with van der Waals surface area (Å²) in [5.74, 6) is 1.73. The minimum atomic E-state index is 0. The van der Waals surface area contributed by atoms with E-state index in [1.165, 1.54) is 11.1 Å². The lowest BCUT2D eigenvalue weighted by Crippen LogP contribution is -2.43. The molecule has 0 saturated carbocycles. The predicted octanol–water partition coefficient (Wildman–Crippen LogP) is 2.73. The molecular formula is C16H21IN4O. The van der Waals surface area contributed by atoms with Gasteiger partial charge in [0, 0.05) is 26.2 Å². The number of nitrogens with one attached hydrogen (secondary N) is 1. The van der Waals surface area contributed by atoms with Gasteiger partial charge in [-0.05, 0) is 24.5 Å². The number of aliphatic imine (C=N–C) groups is 1. The molecular weight excluding hydrogens is 391 g/mol. The third-order valence-electron chi connectivity index (χ3n) is 3.74. The largest absolute Gasteiger partial charge is 0.359 e. The molecule has 6 heteroatoms. The van der Waals surface area contributed by atoms with Gasteiger partial charge in [-0.2, -0.15) is 0 Å². The Balaban J connectivity index is 0.00000176. The zero-order chi connectivity index (χ0) is 14.7. The summed E-state index contributed by atoms with van der Waals surface area (Å²) in [6, 6.07) is 10.5. The van der Waals surface area contributed by atoms with Crippen LogP contribution in [0, 0.1) is 6.92 Å². The number of fused-ring (bicyclic) bond motifs is 1. The number of aromatic nitrogens is 1. The summed E-state index contributed by atoms with van der Waals surface area (Å²) in [6.07, 6.45) is 1.05. The minimum absolute atomic E-state index is 0. The third kappa shape index (κ3) is 3.79. The third-order valence-corrected chi connectivity index (χ3v) is 3.74. The van der Waals surface area contributed by atoms with Crippen molar-refractivity contribution in [3.8, 4) is 0 Å². The van der Waals surface area contributed by atoms with Crippen LogP contribution < -0.4 is 5.32 Å². The van der Waals surface area contributed by atoms with Crippen LogP contribution in [0.25, 0.3) is 0 Å². The Labute approximate surface area is 147 Å². The molecule has 1 aliphatic rings. The molecule has 0 spiro atoms. The first-order chi connectivity index (χ1) is 10.3. The molecule has 1 aliphatic heterocycles. The van der Waals surface area contributed by atoms with Crippen LogP contribution in [-0.4, -0.2) is 29.6 Å². The molecule has 0 aliphatic carbocycles. The highest BCUT2D eigenvalue weighted by atomic mass is 127. The van der Waals surface area contributed by atoms with Gasteiger partial charge in [0.1, 0.15) is 0 Å². The van der Waals surface area contributed by atoms with E-state index in [0.29, 0.717) is 6.54 Å². The van der Waals surface area contributed by atoms with Gasteiger partial charge in [-0.15, -0.1) is 24.0 Å². The topological polar surface area (TPSA) is 53.7 Å². The number of hydrogen-bond donors (Lipinski definition) is 1. The van der Waals surface area contributed by atoms with Gasteiger partial charge in [0.2, 0.25) is 0 Å². The SMILES string of the molecule is CN=C(NCc1cc(C)no1)N1CCc2ccccc2C1.I. The number of guanidine groups is 1. The van der Waals surface area contributed by atoms with E-state index in [1.807, 2.05) is 20.0 Å². The van der Waals surface area contributed by atoms with Gasteiger partial charge in [-0.3, -0.25) is 4.99 Å². The average Bonchev–Trinajstić information content (AvgIpc) is 2.93. The molecule has 0 fully saturated rings. The molecule has 0 bridgehead atoms. The van der Waals surface area contributed by atoms with Crippen molar-refractivity contribution in [2.24, 2.45) is 4.99 Å². The molecule has 3 rings (SSSR count). The average molecular weight is 412 g/mol. The summed E-state index contributed by atoms with van der Waals surface area (Å²) in [5, 5.41) is 7.24. The standard InChI is InChI=1S/C16H20N4O.HI/c1-12-9-15(21-19-12)10-18-16(17-2)20-8-7-13-5-3-4-6-14(13)11-20;/h3-6,9H,7-8,10-11H2,1-2H3,(H,17,18);1H. The van der Waals surface area contributed by atoms with Crippen LogP contribution in [0.3, 0.4) is 0 Å². The highest BCUT2D eigenvalue weighted by molar-refractivity contribution is 14.0. The molecule has 118 valence electrons. The summed E-state index contributed by atoms with van der Waals surface area (Å²) in [6.45, 7) is 4.40. The predicted molar refractivity (Wildman–Crippen MR) is 97.4 cm³/mol. The Morgan fingerprint density at radius 1 is 1.36 bits per heavy atom. The number of halogens is 1. The van der Waals surface area contributed by atoms with Gasteiger partial charge in [0.15, 0.2) is 11.7 Å². The van der Waals surface area contributed by atoms with Gasteiger partial charge in [-0.1, -0.05) is 29.4 Å². The molecule has 0 saturated heterocycles. The number of benzene rings is 1. The van der Waals surface area contributed by atoms with Crippen LogP contribution in [0.1, 0.15) is 22.6 Å². The number of hydrogen-bond acceptors (Lipinski definition) is 3. The van der Waals surface area contributed by atoms with E-state index in [-0.39, 0.29) is 24.0 Å². The molecule has 2 heterocycles. The highest BCUT2D eigenvalue weighted by Crippen LogP contribution is 2.18. The van der Waals surface area contributed by atoms with E-state index >= 15 is 0 Å². The van der Waals surface area contributed by atoms with Crippen molar-refractivity contribution in [3.63, 3.8) is 0 Å². The number of nitrogens with zero attached hydrogens (tertiary/aromatic N) is 3. The molecule has 0 unspecified atom stereocenters. The monoisotopic (exact) mass is 412 g/mol. The summed E-state index contributed by atoms with van der Waals surface area (Å²) in [4.78, 5) is 6.65. The van der Waals surface area contributed by atoms with Crippen molar-refractivity contribution in [1.29, 1.82) is 0 Å². The van der Waals surface area contributed by atoms with Gasteiger partial charge in [0.05, 0.1) is 12.2 Å². The highest BCUT2D eigenvalue weighted by Gasteiger charge is 2.18. The van der Waals surface area contributed by atoms with Crippen LogP contribution in [0.4, 0.5) is 0 Å². The first-order valence-corrected chi connectivity index (χ1v) is 7.21. The molecule has 0 amide bonds. The second-order valence-corrected chi connectivity index (χ2v) is 5.28. The summed E-state index contributed by atoms with van der Waals surface area (Å²) < 4.78 is 5.22. The van der Waals surface area contributed by atoms with E-state index in [1.54, 1.807) is 0 Å². The van der Waals surface area contributed by atoms with Gasteiger partial charge in [0.25, 0.3) is 0 Å². The van der Waals surface area contributed by atoms with E-state index in [9.17, 15) is 0 Å². The van der Waals surface area contributed by atoms with Crippen LogP contribution in [0.5, 0.6) is 0 Å². The fraction of sp³-hybridized carbons (Fsp3) is 0.375. The molecule has 5 nitrogen and oxygen atoms in total. The minimum Gasteiger partial charge on any atom is -0.359 e. The van der Waals surface area contributed by atoms with Crippen LogP contribution in [0.15, 0.2) is 39.8 Å². The molecule has 1 aromatic heterocycles. The molecule has 0 radical (unpaired) electrons. The smallest absolute Gasteiger partial charge is 0.194 e.